The molecule has 2 aromatic rings. The van der Waals surface area contributed by atoms with E-state index in [1.807, 2.05) is 13.8 Å². The van der Waals surface area contributed by atoms with Crippen LogP contribution in [0.1, 0.15) is 21.7 Å². The third kappa shape index (κ3) is 4.80. The molecule has 2 N–H and O–H groups in total. The molecule has 2 rings (SSSR count). The van der Waals surface area contributed by atoms with Gasteiger partial charge >= 0.3 is 0 Å². The quantitative estimate of drug-likeness (QED) is 0.731. The second-order valence-electron chi connectivity index (χ2n) is 5.47. The Labute approximate surface area is 151 Å². The number of carbonyl (C=O) groups is 2. The Morgan fingerprint density at radius 2 is 1.88 bits per heavy atom. The predicted octanol–water partition coefficient (Wildman–Crippen LogP) is 1.63. The van der Waals surface area contributed by atoms with Crippen LogP contribution in [0.5, 0.6) is 0 Å². The number of ether oxygens (including phenoxy) is 1. The van der Waals surface area contributed by atoms with Gasteiger partial charge < -0.3 is 15.4 Å². The Morgan fingerprint density at radius 3 is 2.44 bits per heavy atom. The predicted molar refractivity (Wildman–Crippen MR) is 95.3 cm³/mol. The van der Waals surface area contributed by atoms with Crippen LogP contribution in [-0.4, -0.2) is 48.4 Å². The maximum atomic E-state index is 12.1. The van der Waals surface area contributed by atoms with Crippen molar-refractivity contribution >= 4 is 23.4 Å². The van der Waals surface area contributed by atoms with Crippen molar-refractivity contribution in [2.75, 3.05) is 26.8 Å². The lowest BCUT2D eigenvalue weighted by molar-refractivity contribution is -0.120. The minimum atomic E-state index is -0.320. The summed E-state index contributed by atoms with van der Waals surface area (Å²) in [6.45, 7) is 4.47. The molecular formula is C17H21ClN4O3. The van der Waals surface area contributed by atoms with Crippen molar-refractivity contribution in [2.24, 2.45) is 0 Å². The highest BCUT2D eigenvalue weighted by atomic mass is 35.5. The van der Waals surface area contributed by atoms with Crippen LogP contribution in [-0.2, 0) is 9.53 Å². The first-order valence-corrected chi connectivity index (χ1v) is 8.17. The molecule has 2 amide bonds. The van der Waals surface area contributed by atoms with Gasteiger partial charge in [0.2, 0.25) is 5.91 Å². The van der Waals surface area contributed by atoms with E-state index in [2.05, 4.69) is 15.7 Å². The average Bonchev–Trinajstić information content (AvgIpc) is 2.87. The third-order valence-corrected chi connectivity index (χ3v) is 4.16. The largest absolute Gasteiger partial charge is 0.383 e. The monoisotopic (exact) mass is 364 g/mol. The Balaban J connectivity index is 1.96. The molecule has 0 aliphatic rings. The number of hydrogen-bond acceptors (Lipinski definition) is 4. The number of nitrogens with one attached hydrogen (secondary N) is 2. The highest BCUT2D eigenvalue weighted by Crippen LogP contribution is 2.22. The van der Waals surface area contributed by atoms with Crippen molar-refractivity contribution in [1.82, 2.24) is 20.4 Å². The number of methoxy groups -OCH3 is 1. The van der Waals surface area contributed by atoms with Gasteiger partial charge in [-0.25, -0.2) is 4.68 Å². The van der Waals surface area contributed by atoms with Crippen molar-refractivity contribution < 1.29 is 14.3 Å². The zero-order chi connectivity index (χ0) is 18.4. The molecule has 1 aromatic carbocycles. The van der Waals surface area contributed by atoms with Gasteiger partial charge in [-0.2, -0.15) is 5.10 Å². The Kier molecular flexibility index (Phi) is 6.55. The van der Waals surface area contributed by atoms with E-state index in [4.69, 9.17) is 16.3 Å². The standard InChI is InChI=1S/C17H21ClN4O3/c1-11-16(18)12(2)22(21-11)14-6-4-13(5-7-14)17(24)20-10-15(23)19-8-9-25-3/h4-7H,8-10H2,1-3H3,(H,19,23)(H,20,24). The summed E-state index contributed by atoms with van der Waals surface area (Å²) in [7, 11) is 1.55. The van der Waals surface area contributed by atoms with E-state index >= 15 is 0 Å². The van der Waals surface area contributed by atoms with E-state index in [0.29, 0.717) is 23.7 Å². The zero-order valence-corrected chi connectivity index (χ0v) is 15.2. The summed E-state index contributed by atoms with van der Waals surface area (Å²) in [5, 5.41) is 10.2. The summed E-state index contributed by atoms with van der Waals surface area (Å²) in [6, 6.07) is 6.92. The molecular weight excluding hydrogens is 344 g/mol. The van der Waals surface area contributed by atoms with Crippen LogP contribution >= 0.6 is 11.6 Å². The molecule has 1 heterocycles. The summed E-state index contributed by atoms with van der Waals surface area (Å²) >= 11 is 6.15. The number of carbonyl (C=O) groups excluding carboxylic acids is 2. The van der Waals surface area contributed by atoms with Crippen LogP contribution in [0.25, 0.3) is 5.69 Å². The molecule has 0 radical (unpaired) electrons. The normalized spacial score (nSPS) is 10.6. The van der Waals surface area contributed by atoms with Crippen molar-refractivity contribution in [2.45, 2.75) is 13.8 Å². The lowest BCUT2D eigenvalue weighted by atomic mass is 10.2. The van der Waals surface area contributed by atoms with Crippen LogP contribution in [0.2, 0.25) is 5.02 Å². The van der Waals surface area contributed by atoms with Gasteiger partial charge in [0.25, 0.3) is 5.91 Å². The van der Waals surface area contributed by atoms with Gasteiger partial charge in [0.15, 0.2) is 0 Å². The van der Waals surface area contributed by atoms with Gasteiger partial charge in [-0.3, -0.25) is 9.59 Å². The Morgan fingerprint density at radius 1 is 1.20 bits per heavy atom. The number of nitrogens with zero attached hydrogens (tertiary/aromatic N) is 2. The first-order chi connectivity index (χ1) is 11.9. The van der Waals surface area contributed by atoms with Crippen molar-refractivity contribution in [1.29, 1.82) is 0 Å². The van der Waals surface area contributed by atoms with Crippen LogP contribution in [0.4, 0.5) is 0 Å². The summed E-state index contributed by atoms with van der Waals surface area (Å²) in [5.74, 6) is -0.584. The zero-order valence-electron chi connectivity index (χ0n) is 14.4. The van der Waals surface area contributed by atoms with E-state index in [9.17, 15) is 9.59 Å². The highest BCUT2D eigenvalue weighted by Gasteiger charge is 2.12. The summed E-state index contributed by atoms with van der Waals surface area (Å²) in [5.41, 5.74) is 2.85. The average molecular weight is 365 g/mol. The van der Waals surface area contributed by atoms with Crippen molar-refractivity contribution in [3.05, 3.63) is 46.2 Å². The number of aromatic nitrogens is 2. The van der Waals surface area contributed by atoms with Gasteiger partial charge in [0, 0.05) is 19.2 Å². The van der Waals surface area contributed by atoms with Crippen molar-refractivity contribution in [3.8, 4) is 5.69 Å². The molecule has 0 spiro atoms. The van der Waals surface area contributed by atoms with Gasteiger partial charge in [0.1, 0.15) is 0 Å². The van der Waals surface area contributed by atoms with Gasteiger partial charge in [0.05, 0.1) is 35.2 Å². The van der Waals surface area contributed by atoms with E-state index in [1.54, 1.807) is 36.1 Å². The third-order valence-electron chi connectivity index (χ3n) is 3.61. The van der Waals surface area contributed by atoms with Gasteiger partial charge in [-0.05, 0) is 38.1 Å². The van der Waals surface area contributed by atoms with E-state index in [-0.39, 0.29) is 18.4 Å². The van der Waals surface area contributed by atoms with E-state index < -0.39 is 0 Å². The van der Waals surface area contributed by atoms with Crippen LogP contribution in [0, 0.1) is 13.8 Å². The summed E-state index contributed by atoms with van der Waals surface area (Å²) in [6.07, 6.45) is 0. The number of rotatable bonds is 7. The minimum Gasteiger partial charge on any atom is -0.383 e. The van der Waals surface area contributed by atoms with Crippen LogP contribution < -0.4 is 10.6 Å². The molecule has 1 aromatic heterocycles. The fraction of sp³-hybridized carbons (Fsp3) is 0.353. The first kappa shape index (κ1) is 19.0. The number of benzene rings is 1. The first-order valence-electron chi connectivity index (χ1n) is 7.80. The lowest BCUT2D eigenvalue weighted by Gasteiger charge is -2.08. The minimum absolute atomic E-state index is 0.0859. The fourth-order valence-electron chi connectivity index (χ4n) is 2.25. The Bertz CT molecular complexity index is 756. The van der Waals surface area contributed by atoms with Crippen LogP contribution in [0.3, 0.4) is 0 Å². The molecule has 0 aliphatic heterocycles. The van der Waals surface area contributed by atoms with Gasteiger partial charge in [-0.15, -0.1) is 0 Å². The molecule has 0 fully saturated rings. The van der Waals surface area contributed by atoms with Crippen LogP contribution in [0.15, 0.2) is 24.3 Å². The second-order valence-corrected chi connectivity index (χ2v) is 5.85. The van der Waals surface area contributed by atoms with Crippen molar-refractivity contribution in [3.63, 3.8) is 0 Å². The molecule has 0 saturated carbocycles. The molecule has 8 heteroatoms. The van der Waals surface area contributed by atoms with E-state index in [1.165, 1.54) is 0 Å². The number of halogens is 1. The summed E-state index contributed by atoms with van der Waals surface area (Å²) in [4.78, 5) is 23.7. The fourth-order valence-corrected chi connectivity index (χ4v) is 2.36. The molecule has 25 heavy (non-hydrogen) atoms. The SMILES string of the molecule is COCCNC(=O)CNC(=O)c1ccc(-n2nc(C)c(Cl)c2C)cc1. The number of amides is 2. The molecule has 0 atom stereocenters. The number of hydrogen-bond donors (Lipinski definition) is 2. The molecule has 0 bridgehead atoms. The molecule has 7 nitrogen and oxygen atoms in total. The highest BCUT2D eigenvalue weighted by molar-refractivity contribution is 6.31. The lowest BCUT2D eigenvalue weighted by Crippen LogP contribution is -2.38. The van der Waals surface area contributed by atoms with Gasteiger partial charge in [-0.1, -0.05) is 11.6 Å². The topological polar surface area (TPSA) is 85.3 Å². The Hall–Kier alpha value is -2.38. The molecule has 134 valence electrons. The maximum absolute atomic E-state index is 12.1. The van der Waals surface area contributed by atoms with E-state index in [0.717, 1.165) is 17.1 Å². The second kappa shape index (κ2) is 8.64. The molecule has 0 aliphatic carbocycles. The molecule has 0 unspecified atom stereocenters. The molecule has 0 saturated heterocycles. The summed E-state index contributed by atoms with van der Waals surface area (Å²) < 4.78 is 6.56. The maximum Gasteiger partial charge on any atom is 0.251 e. The smallest absolute Gasteiger partial charge is 0.251 e. The number of aryl methyl sites for hydroxylation is 1.